The molecule has 0 amide bonds. The fourth-order valence-corrected chi connectivity index (χ4v) is 4.23. The number of esters is 1. The average Bonchev–Trinajstić information content (AvgIpc) is 2.83. The molecule has 2 rings (SSSR count). The van der Waals surface area contributed by atoms with Crippen molar-refractivity contribution in [3.05, 3.63) is 10.3 Å². The number of carbonyl (C=O) groups is 1. The lowest BCUT2D eigenvalue weighted by Crippen LogP contribution is -2.14. The summed E-state index contributed by atoms with van der Waals surface area (Å²) in [6.45, 7) is 6.32. The Morgan fingerprint density at radius 1 is 0.929 bits per heavy atom. The van der Waals surface area contributed by atoms with Gasteiger partial charge < -0.3 is 18.8 Å². The number of hydrogen-bond donors (Lipinski definition) is 0. The molecule has 0 fully saturated rings. The molecule has 0 atom stereocenters. The van der Waals surface area contributed by atoms with Crippen LogP contribution in [0.1, 0.15) is 95.0 Å². The zero-order valence-corrected chi connectivity index (χ0v) is 19.2. The van der Waals surface area contributed by atoms with E-state index in [1.165, 1.54) is 51.4 Å². The molecular formula is C22H36BrNO4. The van der Waals surface area contributed by atoms with Crippen LogP contribution < -0.4 is 9.47 Å². The predicted molar refractivity (Wildman–Crippen MR) is 116 cm³/mol. The maximum atomic E-state index is 12.5. The molecule has 1 aromatic rings. The Morgan fingerprint density at radius 2 is 1.50 bits per heavy atom. The summed E-state index contributed by atoms with van der Waals surface area (Å²) in [6.07, 6.45) is 13.7. The minimum Gasteiger partial charge on any atom is -0.487 e. The van der Waals surface area contributed by atoms with E-state index in [2.05, 4.69) is 22.9 Å². The van der Waals surface area contributed by atoms with Gasteiger partial charge in [0.05, 0.1) is 19.8 Å². The highest BCUT2D eigenvalue weighted by molar-refractivity contribution is 9.10. The van der Waals surface area contributed by atoms with Gasteiger partial charge in [-0.2, -0.15) is 0 Å². The zero-order chi connectivity index (χ0) is 20.2. The van der Waals surface area contributed by atoms with Crippen LogP contribution in [-0.4, -0.2) is 30.4 Å². The van der Waals surface area contributed by atoms with Gasteiger partial charge in [-0.15, -0.1) is 0 Å². The van der Waals surface area contributed by atoms with Crippen LogP contribution in [0.4, 0.5) is 0 Å². The minimum atomic E-state index is -0.345. The first-order valence-corrected chi connectivity index (χ1v) is 11.8. The third kappa shape index (κ3) is 6.71. The fraction of sp³-hybridized carbons (Fsp3) is 0.773. The van der Waals surface area contributed by atoms with E-state index in [-0.39, 0.29) is 5.97 Å². The maximum absolute atomic E-state index is 12.5. The van der Waals surface area contributed by atoms with Crippen LogP contribution in [0.5, 0.6) is 11.5 Å². The third-order valence-corrected chi connectivity index (χ3v) is 5.89. The molecule has 6 heteroatoms. The first-order valence-electron chi connectivity index (χ1n) is 11.0. The fourth-order valence-electron chi connectivity index (χ4n) is 3.58. The number of halogens is 1. The van der Waals surface area contributed by atoms with E-state index < -0.39 is 0 Å². The number of fused-ring (bicyclic) bond motifs is 1. The van der Waals surface area contributed by atoms with Gasteiger partial charge in [0.2, 0.25) is 0 Å². The number of rotatable bonds is 13. The van der Waals surface area contributed by atoms with Crippen molar-refractivity contribution in [2.75, 3.05) is 19.8 Å². The monoisotopic (exact) mass is 457 g/mol. The zero-order valence-electron chi connectivity index (χ0n) is 17.6. The summed E-state index contributed by atoms with van der Waals surface area (Å²) in [4.78, 5) is 12.5. The van der Waals surface area contributed by atoms with Gasteiger partial charge in [0.1, 0.15) is 4.60 Å². The van der Waals surface area contributed by atoms with Crippen molar-refractivity contribution < 1.29 is 19.0 Å². The Hall–Kier alpha value is -1.17. The van der Waals surface area contributed by atoms with Crippen molar-refractivity contribution >= 4 is 21.9 Å². The third-order valence-electron chi connectivity index (χ3n) is 5.10. The second-order valence-electron chi connectivity index (χ2n) is 7.40. The Bertz CT molecular complexity index is 600. The van der Waals surface area contributed by atoms with Gasteiger partial charge in [0.15, 0.2) is 17.2 Å². The summed E-state index contributed by atoms with van der Waals surface area (Å²) < 4.78 is 19.7. The van der Waals surface area contributed by atoms with Gasteiger partial charge in [-0.1, -0.05) is 64.7 Å². The van der Waals surface area contributed by atoms with E-state index in [1.807, 2.05) is 11.5 Å². The number of ether oxygens (including phenoxy) is 3. The van der Waals surface area contributed by atoms with E-state index in [1.54, 1.807) is 0 Å². The molecule has 0 radical (unpaired) electrons. The van der Waals surface area contributed by atoms with Gasteiger partial charge in [-0.25, -0.2) is 4.79 Å². The lowest BCUT2D eigenvalue weighted by Gasteiger charge is -2.11. The Balaban J connectivity index is 1.86. The van der Waals surface area contributed by atoms with Gasteiger partial charge in [0, 0.05) is 13.0 Å². The molecule has 0 aliphatic carbocycles. The second-order valence-corrected chi connectivity index (χ2v) is 8.15. The number of nitrogens with zero attached hydrogens (tertiary/aromatic N) is 1. The summed E-state index contributed by atoms with van der Waals surface area (Å²) in [6, 6.07) is 0. The summed E-state index contributed by atoms with van der Waals surface area (Å²) >= 11 is 3.62. The average molecular weight is 458 g/mol. The number of carbonyl (C=O) groups excluding carboxylic acids is 1. The molecule has 1 aliphatic rings. The Morgan fingerprint density at radius 3 is 2.11 bits per heavy atom. The van der Waals surface area contributed by atoms with Gasteiger partial charge in [-0.3, -0.25) is 0 Å². The minimum absolute atomic E-state index is 0.343. The van der Waals surface area contributed by atoms with Crippen molar-refractivity contribution in [1.29, 1.82) is 0 Å². The molecule has 1 aromatic heterocycles. The molecule has 0 saturated heterocycles. The van der Waals surface area contributed by atoms with Crippen molar-refractivity contribution in [1.82, 2.24) is 4.57 Å². The predicted octanol–water partition coefficient (Wildman–Crippen LogP) is 6.51. The smallest absolute Gasteiger partial charge is 0.359 e. The number of unbranched alkanes of at least 4 members (excludes halogenated alkanes) is 9. The normalized spacial score (nSPS) is 13.4. The SMILES string of the molecule is CCCCCCCCCCCCn1c(Br)c2c(c1C(=O)OCC)OCCCO2. The van der Waals surface area contributed by atoms with E-state index in [9.17, 15) is 4.79 Å². The van der Waals surface area contributed by atoms with Gasteiger partial charge >= 0.3 is 5.97 Å². The van der Waals surface area contributed by atoms with Gasteiger partial charge in [-0.05, 0) is 29.3 Å². The van der Waals surface area contributed by atoms with Crippen molar-refractivity contribution in [2.24, 2.45) is 0 Å². The molecule has 0 N–H and O–H groups in total. The Kier molecular flexibility index (Phi) is 10.8. The van der Waals surface area contributed by atoms with E-state index in [4.69, 9.17) is 14.2 Å². The molecule has 0 spiro atoms. The molecule has 1 aliphatic heterocycles. The topological polar surface area (TPSA) is 49.7 Å². The molecular weight excluding hydrogens is 422 g/mol. The highest BCUT2D eigenvalue weighted by Gasteiger charge is 2.30. The van der Waals surface area contributed by atoms with Crippen LogP contribution in [0.3, 0.4) is 0 Å². The molecule has 160 valence electrons. The van der Waals surface area contributed by atoms with Gasteiger partial charge in [0.25, 0.3) is 0 Å². The first-order chi connectivity index (χ1) is 13.7. The van der Waals surface area contributed by atoms with Crippen LogP contribution in [0.25, 0.3) is 0 Å². The number of aromatic nitrogens is 1. The lowest BCUT2D eigenvalue weighted by molar-refractivity contribution is 0.0508. The highest BCUT2D eigenvalue weighted by Crippen LogP contribution is 2.43. The molecule has 0 unspecified atom stereocenters. The van der Waals surface area contributed by atoms with Crippen LogP contribution in [0.15, 0.2) is 4.60 Å². The molecule has 28 heavy (non-hydrogen) atoms. The molecule has 0 aromatic carbocycles. The summed E-state index contributed by atoms with van der Waals surface area (Å²) in [7, 11) is 0. The molecule has 2 heterocycles. The summed E-state index contributed by atoms with van der Waals surface area (Å²) in [5.74, 6) is 0.810. The van der Waals surface area contributed by atoms with Crippen LogP contribution >= 0.6 is 15.9 Å². The van der Waals surface area contributed by atoms with Crippen LogP contribution in [-0.2, 0) is 11.3 Å². The standard InChI is InChI=1S/C22H36BrNO4/c1-3-5-6-7-8-9-10-11-12-13-15-24-18(22(25)26-4-2)19-20(21(24)23)28-17-14-16-27-19/h3-17H2,1-2H3. The molecule has 0 bridgehead atoms. The van der Waals surface area contributed by atoms with Crippen LogP contribution in [0.2, 0.25) is 0 Å². The summed E-state index contributed by atoms with van der Waals surface area (Å²) in [5.41, 5.74) is 0.474. The van der Waals surface area contributed by atoms with E-state index in [0.29, 0.717) is 37.0 Å². The number of hydrogen-bond acceptors (Lipinski definition) is 4. The van der Waals surface area contributed by atoms with Crippen molar-refractivity contribution in [3.8, 4) is 11.5 Å². The second kappa shape index (κ2) is 13.1. The molecule has 5 nitrogen and oxygen atoms in total. The highest BCUT2D eigenvalue weighted by atomic mass is 79.9. The molecule has 0 saturated carbocycles. The van der Waals surface area contributed by atoms with Crippen molar-refractivity contribution in [2.45, 2.75) is 91.0 Å². The van der Waals surface area contributed by atoms with Crippen LogP contribution in [0, 0.1) is 0 Å². The first kappa shape index (κ1) is 23.1. The van der Waals surface area contributed by atoms with Crippen molar-refractivity contribution in [3.63, 3.8) is 0 Å². The Labute approximate surface area is 178 Å². The summed E-state index contributed by atoms with van der Waals surface area (Å²) in [5, 5.41) is 0. The largest absolute Gasteiger partial charge is 0.487 e. The van der Waals surface area contributed by atoms with E-state index in [0.717, 1.165) is 30.4 Å². The quantitative estimate of drug-likeness (QED) is 0.250. The van der Waals surface area contributed by atoms with E-state index >= 15 is 0 Å². The maximum Gasteiger partial charge on any atom is 0.359 e. The lowest BCUT2D eigenvalue weighted by atomic mass is 10.1.